The van der Waals surface area contributed by atoms with Gasteiger partial charge < -0.3 is 15.5 Å². The molecule has 1 amide bonds. The Bertz CT molecular complexity index is 461. The van der Waals surface area contributed by atoms with Crippen LogP contribution in [-0.4, -0.2) is 28.1 Å². The van der Waals surface area contributed by atoms with Crippen LogP contribution >= 0.6 is 0 Å². The lowest BCUT2D eigenvalue weighted by Crippen LogP contribution is -2.33. The molecular formula is C12H14FNO4. The molecule has 1 atom stereocenters. The van der Waals surface area contributed by atoms with Crippen LogP contribution in [0.15, 0.2) is 18.2 Å². The SMILES string of the molecule is CC(CCC(=O)O)NC(=O)c1ccc(F)cc1O. The Morgan fingerprint density at radius 3 is 2.67 bits per heavy atom. The van der Waals surface area contributed by atoms with Gasteiger partial charge in [0.2, 0.25) is 0 Å². The van der Waals surface area contributed by atoms with Crippen LogP contribution in [0.5, 0.6) is 5.75 Å². The summed E-state index contributed by atoms with van der Waals surface area (Å²) in [7, 11) is 0. The third-order valence-electron chi connectivity index (χ3n) is 2.37. The number of aliphatic carboxylic acids is 1. The van der Waals surface area contributed by atoms with Gasteiger partial charge >= 0.3 is 5.97 Å². The van der Waals surface area contributed by atoms with E-state index in [1.165, 1.54) is 6.07 Å². The minimum Gasteiger partial charge on any atom is -0.507 e. The van der Waals surface area contributed by atoms with E-state index >= 15 is 0 Å². The quantitative estimate of drug-likeness (QED) is 0.744. The van der Waals surface area contributed by atoms with E-state index in [9.17, 15) is 19.1 Å². The summed E-state index contributed by atoms with van der Waals surface area (Å²) >= 11 is 0. The predicted octanol–water partition coefficient (Wildman–Crippen LogP) is 1.51. The summed E-state index contributed by atoms with van der Waals surface area (Å²) in [5, 5.41) is 20.4. The summed E-state index contributed by atoms with van der Waals surface area (Å²) in [4.78, 5) is 22.0. The topological polar surface area (TPSA) is 86.6 Å². The zero-order valence-corrected chi connectivity index (χ0v) is 9.81. The fourth-order valence-electron chi connectivity index (χ4n) is 1.41. The Labute approximate surface area is 103 Å². The van der Waals surface area contributed by atoms with E-state index in [-0.39, 0.29) is 24.4 Å². The number of carbonyl (C=O) groups excluding carboxylic acids is 1. The Kier molecular flexibility index (Phi) is 4.65. The zero-order chi connectivity index (χ0) is 13.7. The third-order valence-corrected chi connectivity index (χ3v) is 2.37. The van der Waals surface area contributed by atoms with Crippen molar-refractivity contribution in [1.82, 2.24) is 5.32 Å². The van der Waals surface area contributed by atoms with Crippen molar-refractivity contribution in [3.63, 3.8) is 0 Å². The lowest BCUT2D eigenvalue weighted by atomic mass is 10.1. The van der Waals surface area contributed by atoms with Crippen LogP contribution in [0.25, 0.3) is 0 Å². The van der Waals surface area contributed by atoms with Crippen molar-refractivity contribution in [1.29, 1.82) is 0 Å². The van der Waals surface area contributed by atoms with Crippen LogP contribution in [0, 0.1) is 5.82 Å². The van der Waals surface area contributed by atoms with E-state index in [4.69, 9.17) is 5.11 Å². The van der Waals surface area contributed by atoms with E-state index in [0.717, 1.165) is 12.1 Å². The largest absolute Gasteiger partial charge is 0.507 e. The Balaban J connectivity index is 2.62. The molecule has 0 radical (unpaired) electrons. The fraction of sp³-hybridized carbons (Fsp3) is 0.333. The molecule has 1 aromatic rings. The second-order valence-electron chi connectivity index (χ2n) is 3.97. The number of carboxylic acid groups (broad SMARTS) is 1. The summed E-state index contributed by atoms with van der Waals surface area (Å²) in [6, 6.07) is 2.73. The lowest BCUT2D eigenvalue weighted by molar-refractivity contribution is -0.137. The van der Waals surface area contributed by atoms with Gasteiger partial charge in [-0.25, -0.2) is 4.39 Å². The first-order valence-electron chi connectivity index (χ1n) is 5.41. The van der Waals surface area contributed by atoms with Crippen molar-refractivity contribution in [2.24, 2.45) is 0 Å². The highest BCUT2D eigenvalue weighted by atomic mass is 19.1. The molecule has 98 valence electrons. The van der Waals surface area contributed by atoms with Gasteiger partial charge in [0.05, 0.1) is 5.56 Å². The number of hydrogen-bond donors (Lipinski definition) is 3. The molecule has 0 aliphatic rings. The van der Waals surface area contributed by atoms with Crippen LogP contribution in [0.1, 0.15) is 30.1 Å². The van der Waals surface area contributed by atoms with E-state index in [1.54, 1.807) is 6.92 Å². The molecule has 0 aromatic heterocycles. The number of phenols is 1. The molecule has 0 aliphatic heterocycles. The molecule has 1 unspecified atom stereocenters. The fourth-order valence-corrected chi connectivity index (χ4v) is 1.41. The van der Waals surface area contributed by atoms with Crippen LogP contribution in [-0.2, 0) is 4.79 Å². The lowest BCUT2D eigenvalue weighted by Gasteiger charge is -2.13. The second kappa shape index (κ2) is 6.00. The molecule has 0 spiro atoms. The van der Waals surface area contributed by atoms with Crippen molar-refractivity contribution in [2.45, 2.75) is 25.8 Å². The molecule has 0 saturated heterocycles. The molecule has 1 aromatic carbocycles. The minimum atomic E-state index is -0.944. The van der Waals surface area contributed by atoms with E-state index < -0.39 is 23.4 Å². The second-order valence-corrected chi connectivity index (χ2v) is 3.97. The van der Waals surface area contributed by atoms with Crippen molar-refractivity contribution < 1.29 is 24.2 Å². The average Bonchev–Trinajstić information content (AvgIpc) is 2.26. The monoisotopic (exact) mass is 255 g/mol. The highest BCUT2D eigenvalue weighted by Crippen LogP contribution is 2.18. The molecule has 5 nitrogen and oxygen atoms in total. The van der Waals surface area contributed by atoms with Crippen LogP contribution in [0.3, 0.4) is 0 Å². The number of halogens is 1. The predicted molar refractivity (Wildman–Crippen MR) is 61.9 cm³/mol. The molecule has 0 aliphatic carbocycles. The molecule has 0 bridgehead atoms. The number of rotatable bonds is 5. The normalized spacial score (nSPS) is 11.9. The van der Waals surface area contributed by atoms with Gasteiger partial charge in [-0.05, 0) is 25.5 Å². The van der Waals surface area contributed by atoms with Crippen molar-refractivity contribution >= 4 is 11.9 Å². The number of carboxylic acids is 1. The maximum absolute atomic E-state index is 12.7. The Hall–Kier alpha value is -2.11. The third kappa shape index (κ3) is 4.04. The van der Waals surface area contributed by atoms with Gasteiger partial charge in [0.15, 0.2) is 0 Å². The first-order valence-corrected chi connectivity index (χ1v) is 5.41. The number of hydrogen-bond acceptors (Lipinski definition) is 3. The average molecular weight is 255 g/mol. The number of carbonyl (C=O) groups is 2. The smallest absolute Gasteiger partial charge is 0.303 e. The number of amides is 1. The maximum Gasteiger partial charge on any atom is 0.303 e. The van der Waals surface area contributed by atoms with Gasteiger partial charge in [0.25, 0.3) is 5.91 Å². The minimum absolute atomic E-state index is 0.0430. The molecule has 0 saturated carbocycles. The van der Waals surface area contributed by atoms with Gasteiger partial charge in [0.1, 0.15) is 11.6 Å². The van der Waals surface area contributed by atoms with E-state index in [0.29, 0.717) is 0 Å². The van der Waals surface area contributed by atoms with Gasteiger partial charge in [-0.2, -0.15) is 0 Å². The summed E-state index contributed by atoms with van der Waals surface area (Å²) in [5.41, 5.74) is -0.0430. The van der Waals surface area contributed by atoms with Crippen molar-refractivity contribution in [3.8, 4) is 5.75 Å². The van der Waals surface area contributed by atoms with E-state index in [1.807, 2.05) is 0 Å². The molecule has 0 heterocycles. The highest BCUT2D eigenvalue weighted by molar-refractivity contribution is 5.96. The summed E-state index contributed by atoms with van der Waals surface area (Å²) in [5.74, 6) is -2.59. The molecule has 3 N–H and O–H groups in total. The summed E-state index contributed by atoms with van der Waals surface area (Å²) in [6.45, 7) is 1.65. The first-order chi connectivity index (χ1) is 8.40. The molecule has 6 heteroatoms. The highest BCUT2D eigenvalue weighted by Gasteiger charge is 2.14. The van der Waals surface area contributed by atoms with Gasteiger partial charge in [-0.3, -0.25) is 9.59 Å². The van der Waals surface area contributed by atoms with E-state index in [2.05, 4.69) is 5.32 Å². The van der Waals surface area contributed by atoms with Crippen LogP contribution < -0.4 is 5.32 Å². The number of phenolic OH excluding ortho intramolecular Hbond substituents is 1. The molecular weight excluding hydrogens is 241 g/mol. The zero-order valence-electron chi connectivity index (χ0n) is 9.81. The van der Waals surface area contributed by atoms with Crippen molar-refractivity contribution in [3.05, 3.63) is 29.6 Å². The molecule has 0 fully saturated rings. The van der Waals surface area contributed by atoms with Gasteiger partial charge in [-0.1, -0.05) is 0 Å². The molecule has 1 rings (SSSR count). The van der Waals surface area contributed by atoms with Crippen LogP contribution in [0.4, 0.5) is 4.39 Å². The standard InChI is InChI=1S/C12H14FNO4/c1-7(2-5-11(16)17)14-12(18)9-4-3-8(13)6-10(9)15/h3-4,6-7,15H,2,5H2,1H3,(H,14,18)(H,16,17). The number of benzene rings is 1. The maximum atomic E-state index is 12.7. The number of nitrogens with one attached hydrogen (secondary N) is 1. The Morgan fingerprint density at radius 2 is 2.11 bits per heavy atom. The first kappa shape index (κ1) is 14.0. The van der Waals surface area contributed by atoms with Crippen molar-refractivity contribution in [2.75, 3.05) is 0 Å². The van der Waals surface area contributed by atoms with Crippen LogP contribution in [0.2, 0.25) is 0 Å². The molecule has 18 heavy (non-hydrogen) atoms. The van der Waals surface area contributed by atoms with Gasteiger partial charge in [0, 0.05) is 18.5 Å². The Morgan fingerprint density at radius 1 is 1.44 bits per heavy atom. The summed E-state index contributed by atoms with van der Waals surface area (Å²) < 4.78 is 12.7. The van der Waals surface area contributed by atoms with Gasteiger partial charge in [-0.15, -0.1) is 0 Å². The number of aromatic hydroxyl groups is 1. The summed E-state index contributed by atoms with van der Waals surface area (Å²) in [6.07, 6.45) is 0.222.